The van der Waals surface area contributed by atoms with E-state index in [2.05, 4.69) is 46.8 Å². The third kappa shape index (κ3) is 4.68. The Morgan fingerprint density at radius 3 is 2.35 bits per heavy atom. The maximum atomic E-state index is 11.6. The van der Waals surface area contributed by atoms with Crippen LogP contribution in [0.5, 0.6) is 0 Å². The van der Waals surface area contributed by atoms with Gasteiger partial charge in [-0.25, -0.2) is 0 Å². The van der Waals surface area contributed by atoms with E-state index in [4.69, 9.17) is 0 Å². The van der Waals surface area contributed by atoms with Crippen LogP contribution >= 0.6 is 0 Å². The van der Waals surface area contributed by atoms with Gasteiger partial charge in [0.2, 0.25) is 5.91 Å². The van der Waals surface area contributed by atoms with Crippen LogP contribution in [0.3, 0.4) is 0 Å². The monoisotopic (exact) mass is 425 g/mol. The van der Waals surface area contributed by atoms with E-state index in [9.17, 15) is 9.90 Å². The average molecular weight is 426 g/mol. The molecule has 0 bridgehead atoms. The van der Waals surface area contributed by atoms with Gasteiger partial charge in [-0.1, -0.05) is 32.0 Å². The van der Waals surface area contributed by atoms with Gasteiger partial charge >= 0.3 is 0 Å². The second-order valence-corrected chi connectivity index (χ2v) is 9.96. The van der Waals surface area contributed by atoms with Gasteiger partial charge in [0.05, 0.1) is 13.2 Å². The number of likely N-dealkylation sites (tertiary alicyclic amines) is 1. The number of para-hydroxylation sites is 1. The number of benzene rings is 1. The van der Waals surface area contributed by atoms with Gasteiger partial charge in [-0.15, -0.1) is 0 Å². The van der Waals surface area contributed by atoms with Crippen LogP contribution in [0.25, 0.3) is 10.9 Å². The summed E-state index contributed by atoms with van der Waals surface area (Å²) in [6.45, 7) is 9.05. The lowest BCUT2D eigenvalue weighted by Crippen LogP contribution is -2.44. The molecule has 0 radical (unpaired) electrons. The second kappa shape index (κ2) is 9.74. The molecule has 170 valence electrons. The Hall–Kier alpha value is -1.85. The average Bonchev–Trinajstić information content (AvgIpc) is 3.11. The number of aliphatic hydroxyl groups excluding tert-OH is 1. The smallest absolute Gasteiger partial charge is 0.217 e. The summed E-state index contributed by atoms with van der Waals surface area (Å²) in [4.78, 5) is 14.3. The maximum absolute atomic E-state index is 11.6. The molecule has 1 amide bonds. The normalized spacial score (nSPS) is 23.5. The molecular formula is C26H39N3O2. The Bertz CT molecular complexity index is 887. The molecule has 0 spiro atoms. The Kier molecular flexibility index (Phi) is 7.02. The lowest BCUT2D eigenvalue weighted by molar-refractivity contribution is -0.119. The molecule has 5 heteroatoms. The summed E-state index contributed by atoms with van der Waals surface area (Å²) < 4.78 is 2.42. The molecule has 2 N–H and O–H groups in total. The Morgan fingerprint density at radius 2 is 1.74 bits per heavy atom. The van der Waals surface area contributed by atoms with Gasteiger partial charge in [-0.3, -0.25) is 4.79 Å². The predicted molar refractivity (Wildman–Crippen MR) is 126 cm³/mol. The third-order valence-corrected chi connectivity index (χ3v) is 7.86. The number of aliphatic hydroxyl groups is 1. The van der Waals surface area contributed by atoms with Gasteiger partial charge in [0, 0.05) is 54.3 Å². The zero-order chi connectivity index (χ0) is 22.0. The van der Waals surface area contributed by atoms with E-state index in [1.165, 1.54) is 31.2 Å². The minimum absolute atomic E-state index is 0.000365. The van der Waals surface area contributed by atoms with Crippen LogP contribution in [0, 0.1) is 11.8 Å². The topological polar surface area (TPSA) is 57.5 Å². The number of piperidine rings is 1. The van der Waals surface area contributed by atoms with Crippen molar-refractivity contribution in [2.24, 2.45) is 11.8 Å². The molecule has 2 aromatic rings. The van der Waals surface area contributed by atoms with Gasteiger partial charge in [0.1, 0.15) is 0 Å². The van der Waals surface area contributed by atoms with Crippen LogP contribution in [0.2, 0.25) is 0 Å². The molecule has 0 atom stereocenters. The van der Waals surface area contributed by atoms with Crippen molar-refractivity contribution in [1.29, 1.82) is 0 Å². The van der Waals surface area contributed by atoms with Crippen LogP contribution in [0.15, 0.2) is 24.3 Å². The van der Waals surface area contributed by atoms with Crippen molar-refractivity contribution in [3.05, 3.63) is 35.5 Å². The lowest BCUT2D eigenvalue weighted by atomic mass is 9.79. The number of hydrogen-bond donors (Lipinski definition) is 2. The molecular weight excluding hydrogens is 386 g/mol. The zero-order valence-electron chi connectivity index (χ0n) is 19.4. The highest BCUT2D eigenvalue weighted by molar-refractivity contribution is 5.86. The van der Waals surface area contributed by atoms with Crippen LogP contribution in [0.1, 0.15) is 76.6 Å². The molecule has 1 aliphatic carbocycles. The van der Waals surface area contributed by atoms with Crippen molar-refractivity contribution in [2.75, 3.05) is 13.1 Å². The van der Waals surface area contributed by atoms with Crippen molar-refractivity contribution in [2.45, 2.75) is 84.5 Å². The molecule has 5 nitrogen and oxygen atoms in total. The fourth-order valence-corrected chi connectivity index (χ4v) is 6.02. The van der Waals surface area contributed by atoms with E-state index in [0.29, 0.717) is 12.6 Å². The molecule has 2 heterocycles. The lowest BCUT2D eigenvalue weighted by Gasteiger charge is -2.42. The maximum Gasteiger partial charge on any atom is 0.217 e. The molecule has 2 fully saturated rings. The summed E-state index contributed by atoms with van der Waals surface area (Å²) in [6.07, 6.45) is 7.71. The quantitative estimate of drug-likeness (QED) is 0.710. The van der Waals surface area contributed by atoms with Crippen LogP contribution in [-0.2, 0) is 17.9 Å². The summed E-state index contributed by atoms with van der Waals surface area (Å²) in [6, 6.07) is 9.53. The van der Waals surface area contributed by atoms with Crippen molar-refractivity contribution >= 4 is 16.8 Å². The van der Waals surface area contributed by atoms with E-state index in [1.807, 2.05) is 6.07 Å². The van der Waals surface area contributed by atoms with Gasteiger partial charge in [0.15, 0.2) is 0 Å². The summed E-state index contributed by atoms with van der Waals surface area (Å²) >= 11 is 0. The molecule has 1 saturated carbocycles. The molecule has 1 aliphatic heterocycles. The van der Waals surface area contributed by atoms with Crippen molar-refractivity contribution < 1.29 is 9.90 Å². The number of hydrogen-bond acceptors (Lipinski definition) is 3. The van der Waals surface area contributed by atoms with Crippen molar-refractivity contribution in [3.8, 4) is 0 Å². The Balaban J connectivity index is 1.51. The first kappa shape index (κ1) is 22.3. The summed E-state index contributed by atoms with van der Waals surface area (Å²) in [5.41, 5.74) is 3.20. The van der Waals surface area contributed by atoms with Gasteiger partial charge < -0.3 is 19.9 Å². The van der Waals surface area contributed by atoms with Crippen molar-refractivity contribution in [1.82, 2.24) is 14.8 Å². The first-order valence-electron chi connectivity index (χ1n) is 12.2. The number of rotatable bonds is 6. The molecule has 1 saturated heterocycles. The molecule has 1 aromatic heterocycles. The van der Waals surface area contributed by atoms with Gasteiger partial charge in [-0.2, -0.15) is 0 Å². The SMILES string of the molecule is CC(=O)NCc1c(CO)c2ccccc2n1C1CCN([C@H]2CC[C@@H](C(C)C)CC2)CC1. The van der Waals surface area contributed by atoms with Crippen LogP contribution in [0.4, 0.5) is 0 Å². The fraction of sp³-hybridized carbons (Fsp3) is 0.654. The van der Waals surface area contributed by atoms with Crippen molar-refractivity contribution in [3.63, 3.8) is 0 Å². The van der Waals surface area contributed by atoms with E-state index in [1.54, 1.807) is 6.92 Å². The van der Waals surface area contributed by atoms with Crippen LogP contribution < -0.4 is 5.32 Å². The number of carbonyl (C=O) groups is 1. The Labute approximate surface area is 186 Å². The highest BCUT2D eigenvalue weighted by Crippen LogP contribution is 2.37. The molecule has 0 unspecified atom stereocenters. The second-order valence-electron chi connectivity index (χ2n) is 9.96. The van der Waals surface area contributed by atoms with Crippen LogP contribution in [-0.4, -0.2) is 39.6 Å². The number of aromatic nitrogens is 1. The fourth-order valence-electron chi connectivity index (χ4n) is 6.02. The number of amides is 1. The van der Waals surface area contributed by atoms with E-state index in [-0.39, 0.29) is 12.5 Å². The predicted octanol–water partition coefficient (Wildman–Crippen LogP) is 4.62. The molecule has 1 aromatic carbocycles. The first-order valence-corrected chi connectivity index (χ1v) is 12.2. The zero-order valence-corrected chi connectivity index (χ0v) is 19.4. The summed E-state index contributed by atoms with van der Waals surface area (Å²) in [5, 5.41) is 14.2. The largest absolute Gasteiger partial charge is 0.392 e. The van der Waals surface area contributed by atoms with Gasteiger partial charge in [-0.05, 0) is 56.4 Å². The third-order valence-electron chi connectivity index (χ3n) is 7.86. The Morgan fingerprint density at radius 1 is 1.06 bits per heavy atom. The van der Waals surface area contributed by atoms with E-state index < -0.39 is 0 Å². The highest BCUT2D eigenvalue weighted by atomic mass is 16.3. The minimum atomic E-state index is -0.0347. The molecule has 31 heavy (non-hydrogen) atoms. The molecule has 2 aliphatic rings. The number of nitrogens with zero attached hydrogens (tertiary/aromatic N) is 2. The highest BCUT2D eigenvalue weighted by Gasteiger charge is 2.31. The van der Waals surface area contributed by atoms with E-state index >= 15 is 0 Å². The van der Waals surface area contributed by atoms with E-state index in [0.717, 1.165) is 60.5 Å². The number of fused-ring (bicyclic) bond motifs is 1. The summed E-state index contributed by atoms with van der Waals surface area (Å²) in [5.74, 6) is 1.69. The number of nitrogens with one attached hydrogen (secondary N) is 1. The van der Waals surface area contributed by atoms with Gasteiger partial charge in [0.25, 0.3) is 0 Å². The summed E-state index contributed by atoms with van der Waals surface area (Å²) in [7, 11) is 0. The standard InChI is InChI=1S/C26H39N3O2/c1-18(2)20-8-10-21(11-9-20)28-14-12-22(13-15-28)29-25-7-5-4-6-23(25)24(17-30)26(29)16-27-19(3)31/h4-7,18,20-22,30H,8-17H2,1-3H3,(H,27,31)/t20-,21+. The molecule has 4 rings (SSSR count). The first-order chi connectivity index (χ1) is 15.0. The minimum Gasteiger partial charge on any atom is -0.392 e. The number of carbonyl (C=O) groups excluding carboxylic acids is 1.